The highest BCUT2D eigenvalue weighted by molar-refractivity contribution is 14.0. The van der Waals surface area contributed by atoms with Gasteiger partial charge in [0.05, 0.1) is 6.54 Å². The van der Waals surface area contributed by atoms with Crippen LogP contribution in [0.3, 0.4) is 0 Å². The molecule has 2 fully saturated rings. The van der Waals surface area contributed by atoms with E-state index in [1.54, 1.807) is 12.1 Å². The number of piperazine rings is 1. The van der Waals surface area contributed by atoms with E-state index in [1.165, 1.54) is 0 Å². The molecule has 2 atom stereocenters. The number of alkyl halides is 2. The number of likely N-dealkylation sites (N-methyl/N-ethyl adjacent to an activating group) is 2. The minimum absolute atomic E-state index is 0. The Labute approximate surface area is 207 Å². The van der Waals surface area contributed by atoms with Gasteiger partial charge in [-0.05, 0) is 58.1 Å². The molecule has 0 radical (unpaired) electrons. The maximum atomic E-state index is 12.4. The molecule has 2 N–H and O–H groups in total. The van der Waals surface area contributed by atoms with Crippen LogP contribution < -0.4 is 20.3 Å². The third kappa shape index (κ3) is 8.18. The van der Waals surface area contributed by atoms with Crippen molar-refractivity contribution in [1.82, 2.24) is 20.4 Å². The van der Waals surface area contributed by atoms with Crippen LogP contribution in [0, 0.1) is 0 Å². The monoisotopic (exact) mass is 566 g/mol. The number of anilines is 1. The van der Waals surface area contributed by atoms with E-state index in [2.05, 4.69) is 51.1 Å². The molecule has 0 saturated carbocycles. The molecule has 32 heavy (non-hydrogen) atoms. The number of guanidine groups is 1. The van der Waals surface area contributed by atoms with Gasteiger partial charge in [0.2, 0.25) is 0 Å². The van der Waals surface area contributed by atoms with Gasteiger partial charge in [0, 0.05) is 57.0 Å². The summed E-state index contributed by atoms with van der Waals surface area (Å²) in [6.45, 7) is 5.84. The van der Waals surface area contributed by atoms with Crippen LogP contribution >= 0.6 is 24.0 Å². The second-order valence-corrected chi connectivity index (χ2v) is 8.42. The summed E-state index contributed by atoms with van der Waals surface area (Å²) in [5.74, 6) is 1.04. The molecule has 2 unspecified atom stereocenters. The maximum absolute atomic E-state index is 12.4. The topological polar surface area (TPSA) is 55.4 Å². The lowest BCUT2D eigenvalue weighted by atomic mass is 10.0. The van der Waals surface area contributed by atoms with Gasteiger partial charge in [0.1, 0.15) is 5.75 Å². The first-order valence-corrected chi connectivity index (χ1v) is 11.2. The standard InChI is InChI=1S/C22H36F2N6O.HI/c1-4-25-22(26-14-19-16-28(2)12-13-29(19)3)27-17-6-5-11-30(15-17)18-7-9-20(10-8-18)31-21(23)24;/h7-10,17,19,21H,4-6,11-16H2,1-3H3,(H2,25,26,27);1H. The van der Waals surface area contributed by atoms with Gasteiger partial charge < -0.3 is 25.2 Å². The largest absolute Gasteiger partial charge is 0.435 e. The third-order valence-electron chi connectivity index (χ3n) is 5.97. The number of ether oxygens (including phenoxy) is 1. The summed E-state index contributed by atoms with van der Waals surface area (Å²) in [6.07, 6.45) is 2.13. The summed E-state index contributed by atoms with van der Waals surface area (Å²) < 4.78 is 29.2. The van der Waals surface area contributed by atoms with Crippen LogP contribution in [0.25, 0.3) is 0 Å². The predicted molar refractivity (Wildman–Crippen MR) is 137 cm³/mol. The number of nitrogens with one attached hydrogen (secondary N) is 2. The normalized spacial score (nSPS) is 23.1. The number of halogens is 3. The van der Waals surface area contributed by atoms with Crippen LogP contribution in [0.4, 0.5) is 14.5 Å². The molecule has 1 aromatic rings. The zero-order chi connectivity index (χ0) is 22.2. The van der Waals surface area contributed by atoms with Crippen molar-refractivity contribution in [2.45, 2.75) is 38.5 Å². The van der Waals surface area contributed by atoms with E-state index in [0.717, 1.165) is 70.3 Å². The van der Waals surface area contributed by atoms with Crippen LogP contribution in [0.1, 0.15) is 19.8 Å². The zero-order valence-corrected chi connectivity index (χ0v) is 21.6. The average Bonchev–Trinajstić information content (AvgIpc) is 2.75. The Morgan fingerprint density at radius 1 is 1.16 bits per heavy atom. The van der Waals surface area contributed by atoms with Crippen molar-refractivity contribution in [3.05, 3.63) is 24.3 Å². The van der Waals surface area contributed by atoms with Crippen molar-refractivity contribution in [1.29, 1.82) is 0 Å². The number of benzene rings is 1. The first kappa shape index (κ1) is 26.8. The lowest BCUT2D eigenvalue weighted by Crippen LogP contribution is -2.53. The van der Waals surface area contributed by atoms with E-state index in [1.807, 2.05) is 12.1 Å². The fourth-order valence-corrected chi connectivity index (χ4v) is 4.18. The molecule has 0 amide bonds. The molecule has 2 aliphatic heterocycles. The van der Waals surface area contributed by atoms with Gasteiger partial charge in [-0.2, -0.15) is 8.78 Å². The van der Waals surface area contributed by atoms with Crippen molar-refractivity contribution in [2.75, 3.05) is 64.8 Å². The molecule has 7 nitrogen and oxygen atoms in total. The zero-order valence-electron chi connectivity index (χ0n) is 19.3. The molecule has 1 aromatic carbocycles. The fraction of sp³-hybridized carbons (Fsp3) is 0.682. The van der Waals surface area contributed by atoms with E-state index >= 15 is 0 Å². The third-order valence-corrected chi connectivity index (χ3v) is 5.97. The van der Waals surface area contributed by atoms with Gasteiger partial charge in [0.25, 0.3) is 0 Å². The molecule has 2 saturated heterocycles. The van der Waals surface area contributed by atoms with Crippen molar-refractivity contribution in [3.63, 3.8) is 0 Å². The number of piperidine rings is 1. The van der Waals surface area contributed by atoms with E-state index in [0.29, 0.717) is 6.04 Å². The number of hydrogen-bond donors (Lipinski definition) is 2. The highest BCUT2D eigenvalue weighted by atomic mass is 127. The lowest BCUT2D eigenvalue weighted by molar-refractivity contribution is -0.0498. The lowest BCUT2D eigenvalue weighted by Gasteiger charge is -2.37. The molecule has 2 heterocycles. The average molecular weight is 566 g/mol. The van der Waals surface area contributed by atoms with Gasteiger partial charge in [-0.15, -0.1) is 24.0 Å². The quantitative estimate of drug-likeness (QED) is 0.301. The summed E-state index contributed by atoms with van der Waals surface area (Å²) in [7, 11) is 4.33. The van der Waals surface area contributed by atoms with Crippen LogP contribution in [0.15, 0.2) is 29.3 Å². The summed E-state index contributed by atoms with van der Waals surface area (Å²) in [5.41, 5.74) is 1.02. The highest BCUT2D eigenvalue weighted by Crippen LogP contribution is 2.24. The molecular formula is C22H37F2IN6O. The van der Waals surface area contributed by atoms with Crippen molar-refractivity contribution >= 4 is 35.6 Å². The molecule has 0 spiro atoms. The highest BCUT2D eigenvalue weighted by Gasteiger charge is 2.23. The van der Waals surface area contributed by atoms with E-state index in [-0.39, 0.29) is 35.8 Å². The van der Waals surface area contributed by atoms with Crippen LogP contribution in [0.5, 0.6) is 5.75 Å². The van der Waals surface area contributed by atoms with Crippen molar-refractivity contribution in [3.8, 4) is 5.75 Å². The second kappa shape index (κ2) is 13.3. The van der Waals surface area contributed by atoms with Gasteiger partial charge in [-0.1, -0.05) is 0 Å². The van der Waals surface area contributed by atoms with Gasteiger partial charge >= 0.3 is 6.61 Å². The Hall–Kier alpha value is -1.40. The van der Waals surface area contributed by atoms with E-state index in [9.17, 15) is 8.78 Å². The smallest absolute Gasteiger partial charge is 0.387 e. The first-order chi connectivity index (χ1) is 14.9. The number of nitrogens with zero attached hydrogens (tertiary/aromatic N) is 4. The summed E-state index contributed by atoms with van der Waals surface area (Å²) >= 11 is 0. The molecule has 0 aliphatic carbocycles. The van der Waals surface area contributed by atoms with E-state index in [4.69, 9.17) is 4.99 Å². The Balaban J connectivity index is 0.00000363. The van der Waals surface area contributed by atoms with Crippen molar-refractivity contribution < 1.29 is 13.5 Å². The number of hydrogen-bond acceptors (Lipinski definition) is 5. The van der Waals surface area contributed by atoms with Crippen LogP contribution in [-0.2, 0) is 0 Å². The minimum Gasteiger partial charge on any atom is -0.435 e. The molecule has 0 aromatic heterocycles. The Bertz CT molecular complexity index is 708. The summed E-state index contributed by atoms with van der Waals surface area (Å²) in [6, 6.07) is 7.58. The summed E-state index contributed by atoms with van der Waals surface area (Å²) in [5, 5.41) is 6.98. The maximum Gasteiger partial charge on any atom is 0.387 e. The predicted octanol–water partition coefficient (Wildman–Crippen LogP) is 2.68. The Morgan fingerprint density at radius 2 is 1.91 bits per heavy atom. The number of aliphatic imine (C=N–C) groups is 1. The van der Waals surface area contributed by atoms with Gasteiger partial charge in [-0.25, -0.2) is 0 Å². The molecule has 2 aliphatic rings. The summed E-state index contributed by atoms with van der Waals surface area (Å²) in [4.78, 5) is 11.9. The second-order valence-electron chi connectivity index (χ2n) is 8.42. The molecule has 0 bridgehead atoms. The molecular weight excluding hydrogens is 529 g/mol. The van der Waals surface area contributed by atoms with Crippen LogP contribution in [-0.4, -0.2) is 94.4 Å². The molecule has 3 rings (SSSR count). The Morgan fingerprint density at radius 3 is 2.59 bits per heavy atom. The molecule has 182 valence electrons. The van der Waals surface area contributed by atoms with Crippen LogP contribution in [0.2, 0.25) is 0 Å². The van der Waals surface area contributed by atoms with Gasteiger partial charge in [0.15, 0.2) is 5.96 Å². The van der Waals surface area contributed by atoms with E-state index < -0.39 is 6.61 Å². The fourth-order valence-electron chi connectivity index (χ4n) is 4.18. The SMILES string of the molecule is CCNC(=NCC1CN(C)CCN1C)NC1CCCN(c2ccc(OC(F)F)cc2)C1.I. The van der Waals surface area contributed by atoms with Crippen molar-refractivity contribution in [2.24, 2.45) is 4.99 Å². The minimum atomic E-state index is -2.80. The van der Waals surface area contributed by atoms with Gasteiger partial charge in [-0.3, -0.25) is 9.89 Å². The first-order valence-electron chi connectivity index (χ1n) is 11.2. The molecule has 10 heteroatoms. The number of rotatable bonds is 7. The Kier molecular flexibility index (Phi) is 11.2.